The third-order valence-corrected chi connectivity index (χ3v) is 3.41. The number of benzene rings is 1. The van der Waals surface area contributed by atoms with Crippen LogP contribution in [-0.2, 0) is 9.53 Å². The molecule has 1 fully saturated rings. The van der Waals surface area contributed by atoms with Crippen molar-refractivity contribution in [3.8, 4) is 0 Å². The van der Waals surface area contributed by atoms with Gasteiger partial charge in [-0.05, 0) is 32.4 Å². The zero-order valence-electron chi connectivity index (χ0n) is 12.0. The molecule has 20 heavy (non-hydrogen) atoms. The van der Waals surface area contributed by atoms with Crippen LogP contribution < -0.4 is 10.6 Å². The Labute approximate surface area is 126 Å². The zero-order valence-corrected chi connectivity index (χ0v) is 12.8. The van der Waals surface area contributed by atoms with Gasteiger partial charge >= 0.3 is 0 Å². The van der Waals surface area contributed by atoms with Gasteiger partial charge in [-0.2, -0.15) is 0 Å². The molecular weight excluding hydrogens is 276 g/mol. The maximum absolute atomic E-state index is 11.7. The SMILES string of the molecule is CNCC(=O)NC1CCCOC1c1ccc(C)cc1.Cl. The van der Waals surface area contributed by atoms with E-state index in [0.717, 1.165) is 25.0 Å². The third-order valence-electron chi connectivity index (χ3n) is 3.41. The highest BCUT2D eigenvalue weighted by molar-refractivity contribution is 5.85. The van der Waals surface area contributed by atoms with Crippen molar-refractivity contribution in [3.05, 3.63) is 35.4 Å². The number of hydrogen-bond acceptors (Lipinski definition) is 3. The van der Waals surface area contributed by atoms with Crippen molar-refractivity contribution in [1.29, 1.82) is 0 Å². The van der Waals surface area contributed by atoms with E-state index < -0.39 is 0 Å². The van der Waals surface area contributed by atoms with Gasteiger partial charge in [0, 0.05) is 6.61 Å². The van der Waals surface area contributed by atoms with Crippen LogP contribution in [0.2, 0.25) is 0 Å². The molecule has 2 unspecified atom stereocenters. The second kappa shape index (κ2) is 8.25. The molecule has 1 aliphatic rings. The smallest absolute Gasteiger partial charge is 0.234 e. The van der Waals surface area contributed by atoms with Crippen LogP contribution in [0.1, 0.15) is 30.1 Å². The summed E-state index contributed by atoms with van der Waals surface area (Å²) in [5.41, 5.74) is 2.37. The molecule has 5 heteroatoms. The van der Waals surface area contributed by atoms with Crippen LogP contribution in [0.15, 0.2) is 24.3 Å². The number of carbonyl (C=O) groups is 1. The number of aryl methyl sites for hydroxylation is 1. The molecule has 0 aromatic heterocycles. The molecule has 0 radical (unpaired) electrons. The number of nitrogens with one attached hydrogen (secondary N) is 2. The Kier molecular flexibility index (Phi) is 6.99. The highest BCUT2D eigenvalue weighted by atomic mass is 35.5. The number of halogens is 1. The van der Waals surface area contributed by atoms with Gasteiger partial charge in [-0.3, -0.25) is 4.79 Å². The fraction of sp³-hybridized carbons (Fsp3) is 0.533. The normalized spacial score (nSPS) is 21.9. The quantitative estimate of drug-likeness (QED) is 0.893. The molecule has 2 rings (SSSR count). The molecule has 0 bridgehead atoms. The second-order valence-electron chi connectivity index (χ2n) is 5.05. The molecule has 1 amide bonds. The summed E-state index contributed by atoms with van der Waals surface area (Å²) in [5.74, 6) is 0.0233. The van der Waals surface area contributed by atoms with Gasteiger partial charge in [0.1, 0.15) is 6.10 Å². The average Bonchev–Trinajstić information content (AvgIpc) is 2.41. The Bertz CT molecular complexity index is 422. The van der Waals surface area contributed by atoms with Crippen molar-refractivity contribution in [3.63, 3.8) is 0 Å². The third kappa shape index (κ3) is 4.47. The van der Waals surface area contributed by atoms with Gasteiger partial charge in [-0.1, -0.05) is 29.8 Å². The molecular formula is C15H23ClN2O2. The predicted molar refractivity (Wildman–Crippen MR) is 82.2 cm³/mol. The van der Waals surface area contributed by atoms with Crippen molar-refractivity contribution in [1.82, 2.24) is 10.6 Å². The van der Waals surface area contributed by atoms with E-state index in [4.69, 9.17) is 4.74 Å². The van der Waals surface area contributed by atoms with Crippen LogP contribution in [0.4, 0.5) is 0 Å². The van der Waals surface area contributed by atoms with E-state index in [9.17, 15) is 4.79 Å². The first-order chi connectivity index (χ1) is 9.20. The summed E-state index contributed by atoms with van der Waals surface area (Å²) in [7, 11) is 1.77. The zero-order chi connectivity index (χ0) is 13.7. The average molecular weight is 299 g/mol. The largest absolute Gasteiger partial charge is 0.371 e. The number of likely N-dealkylation sites (N-methyl/N-ethyl adjacent to an activating group) is 1. The molecule has 1 aliphatic heterocycles. The summed E-state index contributed by atoms with van der Waals surface area (Å²) in [5, 5.41) is 5.92. The van der Waals surface area contributed by atoms with E-state index >= 15 is 0 Å². The summed E-state index contributed by atoms with van der Waals surface area (Å²) >= 11 is 0. The van der Waals surface area contributed by atoms with Crippen LogP contribution in [0.5, 0.6) is 0 Å². The molecule has 0 saturated carbocycles. The maximum atomic E-state index is 11.7. The highest BCUT2D eigenvalue weighted by Crippen LogP contribution is 2.28. The molecule has 112 valence electrons. The number of carbonyl (C=O) groups excluding carboxylic acids is 1. The van der Waals surface area contributed by atoms with E-state index in [0.29, 0.717) is 6.54 Å². The Balaban J connectivity index is 0.00000200. The Hall–Kier alpha value is -1.10. The van der Waals surface area contributed by atoms with Crippen LogP contribution in [0.25, 0.3) is 0 Å². The maximum Gasteiger partial charge on any atom is 0.234 e. The molecule has 1 heterocycles. The first-order valence-electron chi connectivity index (χ1n) is 6.83. The number of hydrogen-bond donors (Lipinski definition) is 2. The van der Waals surface area contributed by atoms with Gasteiger partial charge < -0.3 is 15.4 Å². The molecule has 0 spiro atoms. The summed E-state index contributed by atoms with van der Waals surface area (Å²) in [6.07, 6.45) is 1.93. The van der Waals surface area contributed by atoms with E-state index in [1.807, 2.05) is 0 Å². The minimum Gasteiger partial charge on any atom is -0.371 e. The van der Waals surface area contributed by atoms with Crippen molar-refractivity contribution in [2.75, 3.05) is 20.2 Å². The monoisotopic (exact) mass is 298 g/mol. The van der Waals surface area contributed by atoms with Crippen molar-refractivity contribution >= 4 is 18.3 Å². The molecule has 2 atom stereocenters. The fourth-order valence-corrected chi connectivity index (χ4v) is 2.43. The van der Waals surface area contributed by atoms with Crippen molar-refractivity contribution in [2.24, 2.45) is 0 Å². The summed E-state index contributed by atoms with van der Waals surface area (Å²) in [4.78, 5) is 11.7. The molecule has 2 N–H and O–H groups in total. The Morgan fingerprint density at radius 2 is 2.05 bits per heavy atom. The van der Waals surface area contributed by atoms with Gasteiger partial charge in [0.25, 0.3) is 0 Å². The lowest BCUT2D eigenvalue weighted by atomic mass is 9.95. The molecule has 0 aliphatic carbocycles. The first-order valence-corrected chi connectivity index (χ1v) is 6.83. The van der Waals surface area contributed by atoms with Gasteiger partial charge in [-0.25, -0.2) is 0 Å². The van der Waals surface area contributed by atoms with Crippen LogP contribution in [-0.4, -0.2) is 32.1 Å². The fourth-order valence-electron chi connectivity index (χ4n) is 2.43. The standard InChI is InChI=1S/C15H22N2O2.ClH/c1-11-5-7-12(8-6-11)15-13(4-3-9-19-15)17-14(18)10-16-2;/h5-8,13,15-16H,3-4,9-10H2,1-2H3,(H,17,18);1H. The summed E-state index contributed by atoms with van der Waals surface area (Å²) in [6.45, 7) is 3.17. The first kappa shape index (κ1) is 17.0. The van der Waals surface area contributed by atoms with E-state index in [1.165, 1.54) is 5.56 Å². The molecule has 1 aromatic carbocycles. The minimum atomic E-state index is -0.0323. The van der Waals surface area contributed by atoms with Gasteiger partial charge in [0.05, 0.1) is 12.6 Å². The second-order valence-corrected chi connectivity index (χ2v) is 5.05. The molecule has 1 saturated heterocycles. The molecule has 4 nitrogen and oxygen atoms in total. The van der Waals surface area contributed by atoms with Crippen molar-refractivity contribution in [2.45, 2.75) is 31.9 Å². The minimum absolute atomic E-state index is 0. The lowest BCUT2D eigenvalue weighted by Crippen LogP contribution is -2.45. The Morgan fingerprint density at radius 1 is 1.35 bits per heavy atom. The lowest BCUT2D eigenvalue weighted by Gasteiger charge is -2.32. The number of amides is 1. The highest BCUT2D eigenvalue weighted by Gasteiger charge is 2.28. The topological polar surface area (TPSA) is 50.4 Å². The van der Waals surface area contributed by atoms with Gasteiger partial charge in [-0.15, -0.1) is 12.4 Å². The van der Waals surface area contributed by atoms with Crippen molar-refractivity contribution < 1.29 is 9.53 Å². The van der Waals surface area contributed by atoms with E-state index in [-0.39, 0.29) is 30.5 Å². The summed E-state index contributed by atoms with van der Waals surface area (Å²) < 4.78 is 5.86. The number of ether oxygens (including phenoxy) is 1. The summed E-state index contributed by atoms with van der Waals surface area (Å²) in [6, 6.07) is 8.40. The van der Waals surface area contributed by atoms with E-state index in [1.54, 1.807) is 7.05 Å². The van der Waals surface area contributed by atoms with Crippen LogP contribution in [0.3, 0.4) is 0 Å². The number of rotatable bonds is 4. The van der Waals surface area contributed by atoms with Gasteiger partial charge in [0.2, 0.25) is 5.91 Å². The van der Waals surface area contributed by atoms with Gasteiger partial charge in [0.15, 0.2) is 0 Å². The van der Waals surface area contributed by atoms with Crippen LogP contribution >= 0.6 is 12.4 Å². The molecule has 1 aromatic rings. The Morgan fingerprint density at radius 3 is 2.70 bits per heavy atom. The predicted octanol–water partition coefficient (Wildman–Crippen LogP) is 1.97. The van der Waals surface area contributed by atoms with Crippen LogP contribution in [0, 0.1) is 6.92 Å². The van der Waals surface area contributed by atoms with E-state index in [2.05, 4.69) is 41.8 Å². The lowest BCUT2D eigenvalue weighted by molar-refractivity contribution is -0.123.